The van der Waals surface area contributed by atoms with Crippen molar-refractivity contribution in [3.05, 3.63) is 65.8 Å². The molecule has 0 radical (unpaired) electrons. The number of carbonyl (C=O) groups excluding carboxylic acids is 1. The number of nitrogens with one attached hydrogen (secondary N) is 1. The maximum absolute atomic E-state index is 13.3. The topological polar surface area (TPSA) is 78.1 Å². The third kappa shape index (κ3) is 6.29. The third-order valence-corrected chi connectivity index (χ3v) is 7.99. The van der Waals surface area contributed by atoms with Crippen LogP contribution in [-0.4, -0.2) is 66.7 Å². The van der Waals surface area contributed by atoms with Crippen molar-refractivity contribution in [1.29, 1.82) is 0 Å². The first kappa shape index (κ1) is 26.5. The van der Waals surface area contributed by atoms with Gasteiger partial charge < -0.3 is 5.32 Å². The smallest absolute Gasteiger partial charge is 0.330 e. The summed E-state index contributed by atoms with van der Waals surface area (Å²) in [4.78, 5) is 17.6. The molecule has 2 aromatic heterocycles. The standard InChI is InChI=1S/C26H30F3N7OS/c1-18-4-2-5-20(7-6-18)36-23(32-25(37)21-17-31-35-12-3-11-30-24(21)35)16-22(33-36)19-8-13-34(14-9-19)38-15-10-26(27,28)29/h2-3,5-7,11-12,17,19,23H,4,8-10,13-16H2,1H3,(H,32,37). The van der Waals surface area contributed by atoms with Gasteiger partial charge in [-0.1, -0.05) is 29.7 Å². The van der Waals surface area contributed by atoms with Gasteiger partial charge in [-0.2, -0.15) is 23.4 Å². The Bertz CT molecular complexity index is 1290. The van der Waals surface area contributed by atoms with E-state index >= 15 is 0 Å². The van der Waals surface area contributed by atoms with Gasteiger partial charge >= 0.3 is 6.18 Å². The van der Waals surface area contributed by atoms with Crippen LogP contribution in [-0.2, 0) is 0 Å². The van der Waals surface area contributed by atoms with Crippen LogP contribution in [0.2, 0.25) is 0 Å². The molecule has 1 aliphatic carbocycles. The number of carbonyl (C=O) groups is 1. The molecule has 1 saturated heterocycles. The second kappa shape index (κ2) is 11.3. The van der Waals surface area contributed by atoms with Gasteiger partial charge in [0.25, 0.3) is 5.91 Å². The van der Waals surface area contributed by atoms with E-state index < -0.39 is 12.6 Å². The Balaban J connectivity index is 1.29. The molecule has 5 rings (SSSR count). The first-order valence-electron chi connectivity index (χ1n) is 12.7. The van der Waals surface area contributed by atoms with Gasteiger partial charge in [0.2, 0.25) is 0 Å². The molecular weight excluding hydrogens is 515 g/mol. The fraction of sp³-hybridized carbons (Fsp3) is 0.462. The summed E-state index contributed by atoms with van der Waals surface area (Å²) in [6.45, 7) is 3.49. The van der Waals surface area contributed by atoms with Gasteiger partial charge in [0, 0.05) is 49.3 Å². The number of allylic oxidation sites excluding steroid dienone is 5. The first-order chi connectivity index (χ1) is 18.3. The summed E-state index contributed by atoms with van der Waals surface area (Å²) in [6.07, 6.45) is 10.8. The highest BCUT2D eigenvalue weighted by molar-refractivity contribution is 7.97. The molecule has 1 atom stereocenters. The predicted octanol–water partition coefficient (Wildman–Crippen LogP) is 4.95. The van der Waals surface area contributed by atoms with Crippen molar-refractivity contribution >= 4 is 29.2 Å². The lowest BCUT2D eigenvalue weighted by atomic mass is 9.91. The molecule has 38 heavy (non-hydrogen) atoms. The fourth-order valence-electron chi connectivity index (χ4n) is 4.83. The highest BCUT2D eigenvalue weighted by Crippen LogP contribution is 2.32. The summed E-state index contributed by atoms with van der Waals surface area (Å²) in [5, 5.41) is 14.2. The van der Waals surface area contributed by atoms with E-state index in [1.807, 2.05) is 21.5 Å². The van der Waals surface area contributed by atoms with Crippen LogP contribution in [0.4, 0.5) is 13.2 Å². The van der Waals surface area contributed by atoms with E-state index in [0.717, 1.165) is 30.7 Å². The first-order valence-corrected chi connectivity index (χ1v) is 13.7. The van der Waals surface area contributed by atoms with Gasteiger partial charge in [-0.05, 0) is 44.4 Å². The molecular formula is C26H30F3N7OS. The van der Waals surface area contributed by atoms with Crippen LogP contribution < -0.4 is 5.32 Å². The highest BCUT2D eigenvalue weighted by Gasteiger charge is 2.35. The lowest BCUT2D eigenvalue weighted by molar-refractivity contribution is -0.129. The van der Waals surface area contributed by atoms with Crippen LogP contribution >= 0.6 is 11.9 Å². The Morgan fingerprint density at radius 2 is 2.05 bits per heavy atom. The summed E-state index contributed by atoms with van der Waals surface area (Å²) < 4.78 is 41.1. The van der Waals surface area contributed by atoms with Crippen LogP contribution in [0.5, 0.6) is 0 Å². The number of hydrazone groups is 1. The molecule has 12 heteroatoms. The number of alkyl halides is 3. The van der Waals surface area contributed by atoms with E-state index in [0.29, 0.717) is 30.7 Å². The minimum Gasteiger partial charge on any atom is -0.330 e. The van der Waals surface area contributed by atoms with Gasteiger partial charge in [-0.3, -0.25) is 9.10 Å². The number of halogens is 3. The van der Waals surface area contributed by atoms with E-state index in [1.54, 1.807) is 23.0 Å². The summed E-state index contributed by atoms with van der Waals surface area (Å²) in [7, 11) is 0. The molecule has 1 N–H and O–H groups in total. The zero-order valence-corrected chi connectivity index (χ0v) is 21.9. The molecule has 0 saturated carbocycles. The predicted molar refractivity (Wildman–Crippen MR) is 141 cm³/mol. The monoisotopic (exact) mass is 545 g/mol. The van der Waals surface area contributed by atoms with Gasteiger partial charge in [0.15, 0.2) is 5.65 Å². The summed E-state index contributed by atoms with van der Waals surface area (Å²) in [5.41, 5.74) is 4.00. The summed E-state index contributed by atoms with van der Waals surface area (Å²) in [6, 6.07) is 1.75. The number of rotatable bonds is 7. The average Bonchev–Trinajstić information content (AvgIpc) is 3.44. The van der Waals surface area contributed by atoms with Gasteiger partial charge in [-0.25, -0.2) is 14.5 Å². The Hall–Kier alpha value is -3.12. The molecule has 0 aromatic carbocycles. The van der Waals surface area contributed by atoms with Crippen molar-refractivity contribution < 1.29 is 18.0 Å². The lowest BCUT2D eigenvalue weighted by Gasteiger charge is -2.31. The maximum Gasteiger partial charge on any atom is 0.389 e. The normalized spacial score (nSPS) is 21.3. The number of hydrogen-bond donors (Lipinski definition) is 1. The van der Waals surface area contributed by atoms with E-state index in [9.17, 15) is 18.0 Å². The van der Waals surface area contributed by atoms with Crippen molar-refractivity contribution in [1.82, 2.24) is 29.2 Å². The number of hydrogen-bond acceptors (Lipinski definition) is 7. The average molecular weight is 546 g/mol. The van der Waals surface area contributed by atoms with Crippen molar-refractivity contribution in [2.75, 3.05) is 18.8 Å². The Morgan fingerprint density at radius 3 is 2.84 bits per heavy atom. The third-order valence-electron chi connectivity index (χ3n) is 6.87. The molecule has 3 aliphatic rings. The van der Waals surface area contributed by atoms with Crippen LogP contribution in [0.15, 0.2) is 65.3 Å². The van der Waals surface area contributed by atoms with Gasteiger partial charge in [0.05, 0.1) is 18.3 Å². The molecule has 2 aliphatic heterocycles. The second-order valence-electron chi connectivity index (χ2n) is 9.69. The zero-order valence-electron chi connectivity index (χ0n) is 21.1. The van der Waals surface area contributed by atoms with E-state index in [1.165, 1.54) is 23.7 Å². The van der Waals surface area contributed by atoms with E-state index in [2.05, 4.69) is 34.5 Å². The molecule has 1 unspecified atom stereocenters. The molecule has 0 bridgehead atoms. The van der Waals surface area contributed by atoms with Crippen LogP contribution in [0.3, 0.4) is 0 Å². The van der Waals surface area contributed by atoms with E-state index in [-0.39, 0.29) is 23.7 Å². The summed E-state index contributed by atoms with van der Waals surface area (Å²) >= 11 is 1.27. The molecule has 4 heterocycles. The number of fused-ring (bicyclic) bond motifs is 1. The molecule has 202 valence electrons. The second-order valence-corrected chi connectivity index (χ2v) is 10.9. The van der Waals surface area contributed by atoms with E-state index in [4.69, 9.17) is 5.10 Å². The molecule has 1 fully saturated rings. The summed E-state index contributed by atoms with van der Waals surface area (Å²) in [5.74, 6) is -0.0147. The SMILES string of the molecule is CC1=CC=C(N2N=C(C3CCN(SCCC(F)(F)F)CC3)CC2NC(=O)c2cnn3cccnc23)C=CC1. The van der Waals surface area contributed by atoms with Crippen molar-refractivity contribution in [2.24, 2.45) is 11.0 Å². The quantitative estimate of drug-likeness (QED) is 0.496. The van der Waals surface area contributed by atoms with Crippen molar-refractivity contribution in [3.63, 3.8) is 0 Å². The van der Waals surface area contributed by atoms with Gasteiger partial charge in [-0.15, -0.1) is 0 Å². The largest absolute Gasteiger partial charge is 0.389 e. The molecule has 2 aromatic rings. The highest BCUT2D eigenvalue weighted by atomic mass is 32.2. The number of piperidine rings is 1. The van der Waals surface area contributed by atoms with Crippen LogP contribution in [0.1, 0.15) is 49.4 Å². The zero-order chi connectivity index (χ0) is 26.7. The number of nitrogens with zero attached hydrogens (tertiary/aromatic N) is 6. The maximum atomic E-state index is 13.3. The number of amides is 1. The molecule has 1 amide bonds. The van der Waals surface area contributed by atoms with Crippen molar-refractivity contribution in [2.45, 2.75) is 51.4 Å². The van der Waals surface area contributed by atoms with Crippen molar-refractivity contribution in [3.8, 4) is 0 Å². The minimum absolute atomic E-state index is 0.0445. The Kier molecular flexibility index (Phi) is 7.89. The minimum atomic E-state index is -4.12. The van der Waals surface area contributed by atoms with Gasteiger partial charge in [0.1, 0.15) is 11.7 Å². The van der Waals surface area contributed by atoms with Crippen LogP contribution in [0, 0.1) is 5.92 Å². The number of aromatic nitrogens is 3. The molecule has 0 spiro atoms. The lowest BCUT2D eigenvalue weighted by Crippen LogP contribution is -2.43. The van der Waals surface area contributed by atoms with Crippen LogP contribution in [0.25, 0.3) is 5.65 Å². The fourth-order valence-corrected chi connectivity index (χ4v) is 5.88. The Labute approximate surface area is 223 Å². The molecule has 8 nitrogen and oxygen atoms in total. The Morgan fingerprint density at radius 1 is 1.24 bits per heavy atom.